The summed E-state index contributed by atoms with van der Waals surface area (Å²) in [5, 5.41) is 3.48. The zero-order chi connectivity index (χ0) is 11.9. The van der Waals surface area contributed by atoms with Crippen LogP contribution in [0.3, 0.4) is 0 Å². The van der Waals surface area contributed by atoms with Crippen LogP contribution in [0.15, 0.2) is 30.3 Å². The zero-order valence-electron chi connectivity index (χ0n) is 10.6. The number of nitrogens with two attached hydrogens (primary N) is 1. The van der Waals surface area contributed by atoms with E-state index < -0.39 is 0 Å². The minimum Gasteiger partial charge on any atom is -0.326 e. The first-order valence-corrected chi connectivity index (χ1v) is 6.85. The lowest BCUT2D eigenvalue weighted by Gasteiger charge is -2.25. The molecule has 1 saturated carbocycles. The van der Waals surface area contributed by atoms with E-state index >= 15 is 0 Å². The number of benzene rings is 1. The second-order valence-electron chi connectivity index (χ2n) is 5.24. The first-order valence-electron chi connectivity index (χ1n) is 6.85. The van der Waals surface area contributed by atoms with E-state index in [4.69, 9.17) is 5.73 Å². The minimum atomic E-state index is 0.235. The van der Waals surface area contributed by atoms with Crippen LogP contribution >= 0.6 is 0 Å². The Morgan fingerprint density at radius 3 is 2.65 bits per heavy atom. The molecule has 3 N–H and O–H groups in total. The van der Waals surface area contributed by atoms with Crippen molar-refractivity contribution >= 4 is 0 Å². The van der Waals surface area contributed by atoms with Gasteiger partial charge in [0.1, 0.15) is 0 Å². The van der Waals surface area contributed by atoms with Crippen molar-refractivity contribution in [2.24, 2.45) is 11.7 Å². The highest BCUT2D eigenvalue weighted by Crippen LogP contribution is 2.28. The summed E-state index contributed by atoms with van der Waals surface area (Å²) in [4.78, 5) is 0. The van der Waals surface area contributed by atoms with E-state index in [1.807, 2.05) is 6.07 Å². The van der Waals surface area contributed by atoms with Crippen molar-refractivity contribution < 1.29 is 0 Å². The highest BCUT2D eigenvalue weighted by Gasteiger charge is 2.16. The molecule has 0 saturated heterocycles. The Balaban J connectivity index is 1.55. The van der Waals surface area contributed by atoms with Crippen molar-refractivity contribution in [1.29, 1.82) is 0 Å². The normalized spacial score (nSPS) is 17.7. The van der Waals surface area contributed by atoms with Gasteiger partial charge in [0.05, 0.1) is 0 Å². The third kappa shape index (κ3) is 4.49. The third-order valence-corrected chi connectivity index (χ3v) is 3.70. The maximum absolute atomic E-state index is 6.11. The van der Waals surface area contributed by atoms with Gasteiger partial charge in [-0.1, -0.05) is 49.6 Å². The van der Waals surface area contributed by atoms with Crippen molar-refractivity contribution in [1.82, 2.24) is 5.32 Å². The van der Waals surface area contributed by atoms with Gasteiger partial charge in [-0.15, -0.1) is 0 Å². The summed E-state index contributed by atoms with van der Waals surface area (Å²) in [5.41, 5.74) is 7.44. The summed E-state index contributed by atoms with van der Waals surface area (Å²) < 4.78 is 0. The molecule has 1 atom stereocenters. The standard InChI is InChI=1S/C15H24N2/c16-15(11-14-5-2-1-3-6-14)12-17-10-9-13-7-4-8-13/h1-3,5-6,13,15,17H,4,7-12,16H2. The third-order valence-electron chi connectivity index (χ3n) is 3.70. The molecule has 94 valence electrons. The fourth-order valence-electron chi connectivity index (χ4n) is 2.36. The van der Waals surface area contributed by atoms with E-state index in [0.717, 1.165) is 25.4 Å². The summed E-state index contributed by atoms with van der Waals surface area (Å²) in [5.74, 6) is 0.993. The summed E-state index contributed by atoms with van der Waals surface area (Å²) in [6.45, 7) is 2.06. The van der Waals surface area contributed by atoms with Gasteiger partial charge >= 0.3 is 0 Å². The van der Waals surface area contributed by atoms with Crippen LogP contribution in [0, 0.1) is 5.92 Å². The fraction of sp³-hybridized carbons (Fsp3) is 0.600. The van der Waals surface area contributed by atoms with E-state index in [9.17, 15) is 0 Å². The maximum atomic E-state index is 6.11. The molecule has 2 rings (SSSR count). The van der Waals surface area contributed by atoms with E-state index in [-0.39, 0.29) is 6.04 Å². The Kier molecular flexibility index (Phi) is 5.02. The molecular formula is C15H24N2. The number of hydrogen-bond donors (Lipinski definition) is 2. The quantitative estimate of drug-likeness (QED) is 0.708. The molecule has 0 bridgehead atoms. The summed E-state index contributed by atoms with van der Waals surface area (Å²) in [7, 11) is 0. The summed E-state index contributed by atoms with van der Waals surface area (Å²) in [6.07, 6.45) is 6.63. The molecule has 0 spiro atoms. The van der Waals surface area contributed by atoms with Crippen molar-refractivity contribution in [3.63, 3.8) is 0 Å². The van der Waals surface area contributed by atoms with Crippen LogP contribution in [-0.4, -0.2) is 19.1 Å². The van der Waals surface area contributed by atoms with E-state index in [1.54, 1.807) is 0 Å². The minimum absolute atomic E-state index is 0.235. The van der Waals surface area contributed by atoms with Gasteiger partial charge in [0.25, 0.3) is 0 Å². The van der Waals surface area contributed by atoms with Crippen LogP contribution in [-0.2, 0) is 6.42 Å². The summed E-state index contributed by atoms with van der Waals surface area (Å²) >= 11 is 0. The largest absolute Gasteiger partial charge is 0.326 e. The average molecular weight is 232 g/mol. The molecule has 0 aromatic heterocycles. The monoisotopic (exact) mass is 232 g/mol. The smallest absolute Gasteiger partial charge is 0.0206 e. The lowest BCUT2D eigenvalue weighted by molar-refractivity contribution is 0.291. The lowest BCUT2D eigenvalue weighted by Crippen LogP contribution is -2.36. The molecular weight excluding hydrogens is 208 g/mol. The zero-order valence-corrected chi connectivity index (χ0v) is 10.6. The number of hydrogen-bond acceptors (Lipinski definition) is 2. The molecule has 1 aromatic carbocycles. The molecule has 2 heteroatoms. The van der Waals surface area contributed by atoms with Crippen molar-refractivity contribution in [2.75, 3.05) is 13.1 Å². The Bertz CT molecular complexity index is 306. The lowest BCUT2D eigenvalue weighted by atomic mass is 9.83. The second-order valence-corrected chi connectivity index (χ2v) is 5.24. The van der Waals surface area contributed by atoms with Crippen LogP contribution in [0.5, 0.6) is 0 Å². The van der Waals surface area contributed by atoms with Gasteiger partial charge in [-0.05, 0) is 30.9 Å². The van der Waals surface area contributed by atoms with Gasteiger partial charge in [-0.3, -0.25) is 0 Å². The Hall–Kier alpha value is -0.860. The summed E-state index contributed by atoms with van der Waals surface area (Å²) in [6, 6.07) is 10.7. The van der Waals surface area contributed by atoms with E-state index in [1.165, 1.54) is 31.2 Å². The van der Waals surface area contributed by atoms with Crippen LogP contribution in [0.25, 0.3) is 0 Å². The van der Waals surface area contributed by atoms with Crippen LogP contribution < -0.4 is 11.1 Å². The first-order chi connectivity index (χ1) is 8.34. The predicted octanol–water partition coefficient (Wildman–Crippen LogP) is 2.34. The van der Waals surface area contributed by atoms with Crippen LogP contribution in [0.4, 0.5) is 0 Å². The van der Waals surface area contributed by atoms with E-state index in [2.05, 4.69) is 29.6 Å². The van der Waals surface area contributed by atoms with Gasteiger partial charge in [0, 0.05) is 12.6 Å². The SMILES string of the molecule is NC(CNCCC1CCC1)Cc1ccccc1. The highest BCUT2D eigenvalue weighted by atomic mass is 14.9. The number of nitrogens with one attached hydrogen (secondary N) is 1. The highest BCUT2D eigenvalue weighted by molar-refractivity contribution is 5.15. The van der Waals surface area contributed by atoms with Gasteiger partial charge < -0.3 is 11.1 Å². The van der Waals surface area contributed by atoms with Crippen molar-refractivity contribution in [3.8, 4) is 0 Å². The molecule has 1 unspecified atom stereocenters. The van der Waals surface area contributed by atoms with E-state index in [0.29, 0.717) is 0 Å². The molecule has 1 aliphatic rings. The van der Waals surface area contributed by atoms with Gasteiger partial charge in [-0.2, -0.15) is 0 Å². The molecule has 0 aliphatic heterocycles. The first kappa shape index (κ1) is 12.6. The predicted molar refractivity (Wildman–Crippen MR) is 72.9 cm³/mol. The molecule has 17 heavy (non-hydrogen) atoms. The molecule has 0 amide bonds. The second kappa shape index (κ2) is 6.77. The molecule has 1 aliphatic carbocycles. The molecule has 0 radical (unpaired) electrons. The molecule has 1 aromatic rings. The van der Waals surface area contributed by atoms with Gasteiger partial charge in [0.2, 0.25) is 0 Å². The fourth-order valence-corrected chi connectivity index (χ4v) is 2.36. The Labute approximate surface area is 105 Å². The molecule has 1 fully saturated rings. The Morgan fingerprint density at radius 2 is 2.00 bits per heavy atom. The van der Waals surface area contributed by atoms with Gasteiger partial charge in [0.15, 0.2) is 0 Å². The van der Waals surface area contributed by atoms with Crippen LogP contribution in [0.1, 0.15) is 31.2 Å². The van der Waals surface area contributed by atoms with Crippen LogP contribution in [0.2, 0.25) is 0 Å². The molecule has 0 heterocycles. The van der Waals surface area contributed by atoms with Crippen molar-refractivity contribution in [3.05, 3.63) is 35.9 Å². The average Bonchev–Trinajstić information content (AvgIpc) is 2.27. The topological polar surface area (TPSA) is 38.0 Å². The number of rotatable bonds is 7. The Morgan fingerprint density at radius 1 is 1.24 bits per heavy atom. The van der Waals surface area contributed by atoms with Crippen molar-refractivity contribution in [2.45, 2.75) is 38.1 Å². The maximum Gasteiger partial charge on any atom is 0.0206 e. The molecule has 2 nitrogen and oxygen atoms in total. The van der Waals surface area contributed by atoms with Gasteiger partial charge in [-0.25, -0.2) is 0 Å².